The Morgan fingerprint density at radius 1 is 1.91 bits per heavy atom. The average molecular weight is 189 g/mol. The molecule has 0 aromatic carbocycles. The van der Waals surface area contributed by atoms with Crippen LogP contribution in [0.4, 0.5) is 0 Å². The molecule has 1 aliphatic heterocycles. The summed E-state index contributed by atoms with van der Waals surface area (Å²) in [7, 11) is 0. The second-order valence-corrected chi connectivity index (χ2v) is 4.18. The van der Waals surface area contributed by atoms with Gasteiger partial charge in [0.2, 0.25) is 5.91 Å². The zero-order chi connectivity index (χ0) is 8.43. The van der Waals surface area contributed by atoms with E-state index < -0.39 is 0 Å². The lowest BCUT2D eigenvalue weighted by molar-refractivity contribution is -0.126. The van der Waals surface area contributed by atoms with E-state index >= 15 is 0 Å². The zero-order valence-corrected chi connectivity index (χ0v) is 8.30. The SMILES string of the molecule is CCC1CSC(=S)N1C(C)=O. The number of thioether (sulfide) groups is 1. The molecule has 1 fully saturated rings. The molecule has 1 saturated heterocycles. The van der Waals surface area contributed by atoms with Crippen LogP contribution in [0.5, 0.6) is 0 Å². The molecule has 0 aromatic rings. The average Bonchev–Trinajstić information content (AvgIpc) is 2.30. The molecule has 11 heavy (non-hydrogen) atoms. The lowest BCUT2D eigenvalue weighted by atomic mass is 10.2. The first-order chi connectivity index (χ1) is 5.16. The van der Waals surface area contributed by atoms with Gasteiger partial charge in [-0.2, -0.15) is 0 Å². The maximum atomic E-state index is 11.1. The second kappa shape index (κ2) is 3.54. The van der Waals surface area contributed by atoms with Gasteiger partial charge >= 0.3 is 0 Å². The lowest BCUT2D eigenvalue weighted by Gasteiger charge is -2.19. The van der Waals surface area contributed by atoms with Crippen molar-refractivity contribution in [2.45, 2.75) is 26.3 Å². The van der Waals surface area contributed by atoms with E-state index in [0.717, 1.165) is 16.5 Å². The number of hydrogen-bond acceptors (Lipinski definition) is 3. The molecule has 2 nitrogen and oxygen atoms in total. The highest BCUT2D eigenvalue weighted by Crippen LogP contribution is 2.25. The van der Waals surface area contributed by atoms with Gasteiger partial charge in [-0.15, -0.1) is 0 Å². The van der Waals surface area contributed by atoms with Crippen LogP contribution in [0.15, 0.2) is 0 Å². The van der Waals surface area contributed by atoms with Crippen molar-refractivity contribution in [1.82, 2.24) is 4.90 Å². The monoisotopic (exact) mass is 189 g/mol. The van der Waals surface area contributed by atoms with Gasteiger partial charge in [-0.05, 0) is 6.42 Å². The zero-order valence-electron chi connectivity index (χ0n) is 6.66. The Labute approximate surface area is 76.3 Å². The summed E-state index contributed by atoms with van der Waals surface area (Å²) in [6.07, 6.45) is 0.993. The summed E-state index contributed by atoms with van der Waals surface area (Å²) in [5, 5.41) is 0. The van der Waals surface area contributed by atoms with Crippen molar-refractivity contribution in [2.24, 2.45) is 0 Å². The Bertz CT molecular complexity index is 193. The third-order valence-electron chi connectivity index (χ3n) is 1.77. The second-order valence-electron chi connectivity index (χ2n) is 2.53. The molecule has 4 heteroatoms. The molecule has 0 N–H and O–H groups in total. The van der Waals surface area contributed by atoms with Gasteiger partial charge in [-0.25, -0.2) is 0 Å². The van der Waals surface area contributed by atoms with Crippen molar-refractivity contribution in [3.63, 3.8) is 0 Å². The minimum atomic E-state index is 0.0758. The maximum Gasteiger partial charge on any atom is 0.225 e. The van der Waals surface area contributed by atoms with Gasteiger partial charge in [0.25, 0.3) is 0 Å². The highest BCUT2D eigenvalue weighted by atomic mass is 32.2. The summed E-state index contributed by atoms with van der Waals surface area (Å²) < 4.78 is 0.740. The van der Waals surface area contributed by atoms with Crippen LogP contribution >= 0.6 is 24.0 Å². The molecule has 1 rings (SSSR count). The normalized spacial score (nSPS) is 24.4. The molecule has 62 valence electrons. The third kappa shape index (κ3) is 1.73. The molecule has 1 heterocycles. The number of carbonyl (C=O) groups excluding carboxylic acids is 1. The van der Waals surface area contributed by atoms with Gasteiger partial charge in [-0.1, -0.05) is 30.9 Å². The van der Waals surface area contributed by atoms with Crippen molar-refractivity contribution in [3.05, 3.63) is 0 Å². The molecule has 1 atom stereocenters. The van der Waals surface area contributed by atoms with E-state index in [0.29, 0.717) is 6.04 Å². The first-order valence-electron chi connectivity index (χ1n) is 3.63. The van der Waals surface area contributed by atoms with Crippen LogP contribution in [0, 0.1) is 0 Å². The van der Waals surface area contributed by atoms with Crippen molar-refractivity contribution in [2.75, 3.05) is 5.75 Å². The van der Waals surface area contributed by atoms with Crippen LogP contribution in [0.2, 0.25) is 0 Å². The molecule has 1 amide bonds. The minimum Gasteiger partial charge on any atom is -0.294 e. The highest BCUT2D eigenvalue weighted by molar-refractivity contribution is 8.23. The van der Waals surface area contributed by atoms with Gasteiger partial charge in [-0.3, -0.25) is 9.69 Å². The number of nitrogens with zero attached hydrogens (tertiary/aromatic N) is 1. The Kier molecular flexibility index (Phi) is 2.90. The Morgan fingerprint density at radius 2 is 2.55 bits per heavy atom. The standard InChI is InChI=1S/C7H11NOS2/c1-3-6-4-11-7(10)8(6)5(2)9/h6H,3-4H2,1-2H3. The minimum absolute atomic E-state index is 0.0758. The van der Waals surface area contributed by atoms with Crippen LogP contribution in [0.25, 0.3) is 0 Å². The molecule has 0 radical (unpaired) electrons. The maximum absolute atomic E-state index is 11.1. The Balaban J connectivity index is 2.71. The number of thiocarbonyl (C=S) groups is 1. The van der Waals surface area contributed by atoms with Crippen molar-refractivity contribution in [3.8, 4) is 0 Å². The fraction of sp³-hybridized carbons (Fsp3) is 0.714. The molecule has 0 bridgehead atoms. The third-order valence-corrected chi connectivity index (χ3v) is 3.32. The number of hydrogen-bond donors (Lipinski definition) is 0. The van der Waals surface area contributed by atoms with Crippen molar-refractivity contribution < 1.29 is 4.79 Å². The van der Waals surface area contributed by atoms with E-state index in [-0.39, 0.29) is 5.91 Å². The van der Waals surface area contributed by atoms with E-state index in [9.17, 15) is 4.79 Å². The van der Waals surface area contributed by atoms with Gasteiger partial charge < -0.3 is 0 Å². The number of carbonyl (C=O) groups is 1. The molecule has 0 spiro atoms. The summed E-state index contributed by atoms with van der Waals surface area (Å²) >= 11 is 6.63. The van der Waals surface area contributed by atoms with E-state index in [1.165, 1.54) is 0 Å². The van der Waals surface area contributed by atoms with Crippen molar-refractivity contribution >= 4 is 34.2 Å². The largest absolute Gasteiger partial charge is 0.294 e. The lowest BCUT2D eigenvalue weighted by Crippen LogP contribution is -2.36. The molecular weight excluding hydrogens is 178 g/mol. The summed E-state index contributed by atoms with van der Waals surface area (Å²) in [6.45, 7) is 3.65. The summed E-state index contributed by atoms with van der Waals surface area (Å²) in [4.78, 5) is 12.8. The van der Waals surface area contributed by atoms with Gasteiger partial charge in [0.15, 0.2) is 0 Å². The first-order valence-corrected chi connectivity index (χ1v) is 5.02. The van der Waals surface area contributed by atoms with Gasteiger partial charge in [0.1, 0.15) is 4.32 Å². The fourth-order valence-corrected chi connectivity index (χ4v) is 2.76. The Morgan fingerprint density at radius 3 is 2.91 bits per heavy atom. The predicted octanol–water partition coefficient (Wildman–Crippen LogP) is 1.65. The van der Waals surface area contributed by atoms with Crippen LogP contribution in [0.3, 0.4) is 0 Å². The van der Waals surface area contributed by atoms with Gasteiger partial charge in [0.05, 0.1) is 0 Å². The quantitative estimate of drug-likeness (QED) is 0.585. The first kappa shape index (κ1) is 9.00. The fourth-order valence-electron chi connectivity index (χ4n) is 1.15. The number of rotatable bonds is 1. The van der Waals surface area contributed by atoms with Crippen LogP contribution in [-0.2, 0) is 4.79 Å². The molecule has 0 saturated carbocycles. The van der Waals surface area contributed by atoms with Crippen LogP contribution < -0.4 is 0 Å². The van der Waals surface area contributed by atoms with E-state index in [2.05, 4.69) is 6.92 Å². The molecule has 1 unspecified atom stereocenters. The molecule has 1 aliphatic rings. The Hall–Kier alpha value is -0.0900. The summed E-state index contributed by atoms with van der Waals surface area (Å²) in [5.41, 5.74) is 0. The molecular formula is C7H11NOS2. The highest BCUT2D eigenvalue weighted by Gasteiger charge is 2.30. The van der Waals surface area contributed by atoms with Crippen LogP contribution in [0.1, 0.15) is 20.3 Å². The van der Waals surface area contributed by atoms with E-state index in [1.807, 2.05) is 0 Å². The molecule has 0 aliphatic carbocycles. The van der Waals surface area contributed by atoms with Gasteiger partial charge in [0, 0.05) is 18.7 Å². The predicted molar refractivity (Wildman–Crippen MR) is 51.7 cm³/mol. The van der Waals surface area contributed by atoms with Crippen molar-refractivity contribution in [1.29, 1.82) is 0 Å². The molecule has 0 aromatic heterocycles. The number of amides is 1. The topological polar surface area (TPSA) is 20.3 Å². The van der Waals surface area contributed by atoms with Crippen LogP contribution in [-0.4, -0.2) is 26.9 Å². The van der Waals surface area contributed by atoms with E-state index in [1.54, 1.807) is 23.6 Å². The summed E-state index contributed by atoms with van der Waals surface area (Å²) in [6, 6.07) is 0.338. The van der Waals surface area contributed by atoms with E-state index in [4.69, 9.17) is 12.2 Å². The summed E-state index contributed by atoms with van der Waals surface area (Å²) in [5.74, 6) is 1.04. The smallest absolute Gasteiger partial charge is 0.225 e.